The Kier molecular flexibility index (Phi) is 11.5. The van der Waals surface area contributed by atoms with Crippen molar-refractivity contribution in [1.29, 1.82) is 10.5 Å². The predicted molar refractivity (Wildman–Crippen MR) is 216 cm³/mol. The van der Waals surface area contributed by atoms with E-state index in [9.17, 15) is 28.9 Å². The minimum absolute atomic E-state index is 0.0158. The Bertz CT molecular complexity index is 2640. The van der Waals surface area contributed by atoms with Crippen LogP contribution in [0.1, 0.15) is 35.1 Å². The molecule has 2 fully saturated rings. The minimum Gasteiger partial charge on any atom is -0.490 e. The number of carbonyl (C=O) groups is 2. The van der Waals surface area contributed by atoms with Gasteiger partial charge in [-0.1, -0.05) is 0 Å². The summed E-state index contributed by atoms with van der Waals surface area (Å²) in [5.74, 6) is -1.37. The van der Waals surface area contributed by atoms with Crippen molar-refractivity contribution in [2.45, 2.75) is 38.3 Å². The molecule has 10 rings (SSSR count). The zero-order chi connectivity index (χ0) is 44.5. The van der Waals surface area contributed by atoms with Crippen molar-refractivity contribution >= 4 is 34.7 Å². The highest BCUT2D eigenvalue weighted by Gasteiger charge is 2.40. The van der Waals surface area contributed by atoms with Crippen molar-refractivity contribution < 1.29 is 36.6 Å². The quantitative estimate of drug-likeness (QED) is 0.233. The van der Waals surface area contributed by atoms with Crippen LogP contribution in [0.4, 0.5) is 29.2 Å². The molecule has 4 aliphatic rings. The smallest absolute Gasteiger partial charge is 0.229 e. The van der Waals surface area contributed by atoms with Crippen LogP contribution in [0.15, 0.2) is 61.7 Å². The van der Waals surface area contributed by atoms with Crippen molar-refractivity contribution in [2.24, 2.45) is 11.8 Å². The van der Waals surface area contributed by atoms with Gasteiger partial charge >= 0.3 is 0 Å². The van der Waals surface area contributed by atoms with Gasteiger partial charge in [0.2, 0.25) is 11.8 Å². The molecular weight excluding hydrogens is 841 g/mol. The Morgan fingerprint density at radius 1 is 0.641 bits per heavy atom. The summed E-state index contributed by atoms with van der Waals surface area (Å²) in [7, 11) is 0. The summed E-state index contributed by atoms with van der Waals surface area (Å²) in [6, 6.07) is 7.38. The zero-order valence-corrected chi connectivity index (χ0v) is 34.0. The summed E-state index contributed by atoms with van der Waals surface area (Å²) in [4.78, 5) is 49.0. The number of piperidine rings is 2. The molecule has 0 saturated carbocycles. The van der Waals surface area contributed by atoms with Crippen LogP contribution in [-0.2, 0) is 22.7 Å². The van der Waals surface area contributed by atoms with E-state index in [0.29, 0.717) is 84.4 Å². The number of hydrogen-bond acceptors (Lipinski definition) is 14. The first kappa shape index (κ1) is 41.7. The maximum Gasteiger partial charge on any atom is 0.229 e. The number of fused-ring (bicyclic) bond motifs is 4. The van der Waals surface area contributed by atoms with Gasteiger partial charge in [0.05, 0.1) is 63.5 Å². The second-order valence-electron chi connectivity index (χ2n) is 15.6. The second kappa shape index (κ2) is 17.6. The molecule has 2 saturated heterocycles. The van der Waals surface area contributed by atoms with Gasteiger partial charge in [0.15, 0.2) is 22.9 Å². The monoisotopic (exact) mass is 878 g/mol. The van der Waals surface area contributed by atoms with Crippen molar-refractivity contribution in [2.75, 3.05) is 62.3 Å². The first-order valence-electron chi connectivity index (χ1n) is 20.4. The van der Waals surface area contributed by atoms with Gasteiger partial charge in [-0.2, -0.15) is 29.8 Å². The molecule has 2 amide bonds. The van der Waals surface area contributed by atoms with Crippen LogP contribution in [0.3, 0.4) is 0 Å². The van der Waals surface area contributed by atoms with Gasteiger partial charge in [0, 0.05) is 61.4 Å². The number of ether oxygens (including phenoxy) is 2. The van der Waals surface area contributed by atoms with Crippen molar-refractivity contribution in [3.63, 3.8) is 0 Å². The van der Waals surface area contributed by atoms with Crippen LogP contribution in [0.2, 0.25) is 0 Å². The van der Waals surface area contributed by atoms with E-state index in [1.165, 1.54) is 33.8 Å². The topological polar surface area (TPSA) is 199 Å². The zero-order valence-electron chi connectivity index (χ0n) is 34.0. The van der Waals surface area contributed by atoms with Crippen LogP contribution in [0.25, 0.3) is 11.3 Å². The molecule has 18 nitrogen and oxygen atoms in total. The van der Waals surface area contributed by atoms with Crippen LogP contribution in [0, 0.1) is 46.1 Å². The molecule has 0 N–H and O–H groups in total. The largest absolute Gasteiger partial charge is 0.490 e. The number of carbonyl (C=O) groups excluding carboxylic acids is 2. The summed E-state index contributed by atoms with van der Waals surface area (Å²) in [6.45, 7) is 2.24. The lowest BCUT2D eigenvalue weighted by molar-refractivity contribution is -0.140. The average molecular weight is 879 g/mol. The molecule has 10 heterocycles. The van der Waals surface area contributed by atoms with Crippen molar-refractivity contribution in [3.8, 4) is 23.6 Å². The van der Waals surface area contributed by atoms with Gasteiger partial charge in [0.1, 0.15) is 72.0 Å². The standard InChI is InChI=1S/2C21H19F2N7O2/c2*22-16-10-27-30-18(1-3-26-20(16)30)28-4-2-15(17(23)12-28)21(31)29-5-6-32-19-13(7-24)8-25-9-14(19)11-29/h2*1,3,8-10,15,17H,2,4-6,11-12H2/t2*15-,17-/m10/s1. The van der Waals surface area contributed by atoms with Gasteiger partial charge in [-0.3, -0.25) is 19.6 Å². The van der Waals surface area contributed by atoms with Crippen LogP contribution >= 0.6 is 0 Å². The number of nitriles is 2. The molecule has 22 heteroatoms. The molecule has 0 bridgehead atoms. The maximum atomic E-state index is 15.2. The fraction of sp³-hybridized carbons (Fsp3) is 0.381. The molecular formula is C42H38F4N14O4. The Morgan fingerprint density at radius 3 is 1.48 bits per heavy atom. The number of anilines is 2. The number of amides is 2. The fourth-order valence-electron chi connectivity index (χ4n) is 8.60. The average Bonchev–Trinajstić information content (AvgIpc) is 3.70. The third-order valence-corrected chi connectivity index (χ3v) is 11.8. The minimum atomic E-state index is -1.41. The summed E-state index contributed by atoms with van der Waals surface area (Å²) in [5.41, 5.74) is 2.03. The van der Waals surface area contributed by atoms with Crippen LogP contribution < -0.4 is 19.3 Å². The Hall–Kier alpha value is -7.62. The van der Waals surface area contributed by atoms with Gasteiger partial charge in [-0.05, 0) is 25.0 Å². The van der Waals surface area contributed by atoms with E-state index in [2.05, 4.69) is 30.1 Å². The number of halogens is 4. The van der Waals surface area contributed by atoms with E-state index in [-0.39, 0.29) is 62.5 Å². The van der Waals surface area contributed by atoms with Crippen LogP contribution in [0.5, 0.6) is 11.5 Å². The van der Waals surface area contributed by atoms with Gasteiger partial charge in [-0.25, -0.2) is 27.5 Å². The van der Waals surface area contributed by atoms with Crippen LogP contribution in [-0.4, -0.2) is 126 Å². The lowest BCUT2D eigenvalue weighted by atomic mass is 9.93. The Balaban J connectivity index is 0.000000162. The molecule has 4 atom stereocenters. The van der Waals surface area contributed by atoms with Gasteiger partial charge in [-0.15, -0.1) is 0 Å². The SMILES string of the molecule is N#Cc1cncc2c1OCCN(C(=O)[C@@H]1CCN(c3ccnc4c(F)cnn34)C[C@H]1F)C2.N#Cc1cncc2c1OCCN(C(=O)[C@H]1CCN(c3ccnc4c(F)cnn34)C[C@@H]1F)C2. The lowest BCUT2D eigenvalue weighted by Gasteiger charge is -2.37. The normalized spacial score (nSPS) is 20.9. The van der Waals surface area contributed by atoms with Gasteiger partial charge in [0.25, 0.3) is 0 Å². The fourth-order valence-corrected chi connectivity index (χ4v) is 8.60. The number of pyridine rings is 2. The molecule has 0 unspecified atom stereocenters. The predicted octanol–water partition coefficient (Wildman–Crippen LogP) is 3.44. The molecule has 64 heavy (non-hydrogen) atoms. The second-order valence-corrected chi connectivity index (χ2v) is 15.6. The van der Waals surface area contributed by atoms with Crippen molar-refractivity contribution in [1.82, 2.24) is 49.0 Å². The molecule has 328 valence electrons. The molecule has 0 radical (unpaired) electrons. The third kappa shape index (κ3) is 7.86. The molecule has 6 aromatic rings. The number of alkyl halides is 2. The summed E-state index contributed by atoms with van der Waals surface area (Å²) in [6.07, 6.45) is 8.81. The van der Waals surface area contributed by atoms with E-state index in [1.54, 1.807) is 44.1 Å². The molecule has 0 spiro atoms. The molecule has 6 aromatic heterocycles. The first-order valence-corrected chi connectivity index (χ1v) is 20.4. The van der Waals surface area contributed by atoms with Gasteiger partial charge < -0.3 is 29.1 Å². The van der Waals surface area contributed by atoms with E-state index >= 15 is 8.78 Å². The van der Waals surface area contributed by atoms with E-state index < -0.39 is 35.8 Å². The molecule has 0 aromatic carbocycles. The lowest BCUT2D eigenvalue weighted by Crippen LogP contribution is -2.49. The maximum absolute atomic E-state index is 15.2. The highest BCUT2D eigenvalue weighted by molar-refractivity contribution is 5.81. The Labute approximate surface area is 361 Å². The Morgan fingerprint density at radius 2 is 1.08 bits per heavy atom. The van der Waals surface area contributed by atoms with E-state index in [1.807, 2.05) is 12.1 Å². The summed E-state index contributed by atoms with van der Waals surface area (Å²) < 4.78 is 72.1. The third-order valence-electron chi connectivity index (χ3n) is 11.8. The molecule has 0 aliphatic carbocycles. The number of nitrogens with zero attached hydrogens (tertiary/aromatic N) is 14. The van der Waals surface area contributed by atoms with Crippen molar-refractivity contribution in [3.05, 3.63) is 95.6 Å². The van der Waals surface area contributed by atoms with E-state index in [4.69, 9.17) is 9.47 Å². The highest BCUT2D eigenvalue weighted by atomic mass is 19.1. The number of hydrogen-bond donors (Lipinski definition) is 0. The summed E-state index contributed by atoms with van der Waals surface area (Å²) >= 11 is 0. The molecule has 4 aliphatic heterocycles. The highest BCUT2D eigenvalue weighted by Crippen LogP contribution is 2.33. The number of aromatic nitrogens is 8. The first-order chi connectivity index (χ1) is 31.1. The number of rotatable bonds is 4. The summed E-state index contributed by atoms with van der Waals surface area (Å²) in [5, 5.41) is 26.5. The van der Waals surface area contributed by atoms with E-state index in [0.717, 1.165) is 12.4 Å².